The van der Waals surface area contributed by atoms with Crippen LogP contribution in [0.2, 0.25) is 0 Å². The van der Waals surface area contributed by atoms with Crippen molar-refractivity contribution in [2.75, 3.05) is 0 Å². The maximum absolute atomic E-state index is 12.8. The van der Waals surface area contributed by atoms with E-state index in [1.165, 1.54) is 38.5 Å². The lowest BCUT2D eigenvalue weighted by atomic mass is 10.1. The molecule has 2 aromatic heterocycles. The van der Waals surface area contributed by atoms with Crippen LogP contribution in [0.15, 0.2) is 29.9 Å². The zero-order valence-corrected chi connectivity index (χ0v) is 14.0. The van der Waals surface area contributed by atoms with Gasteiger partial charge in [0.25, 0.3) is 0 Å². The number of aromatic nitrogens is 2. The lowest BCUT2D eigenvalue weighted by Gasteiger charge is -2.29. The van der Waals surface area contributed by atoms with E-state index in [0.717, 1.165) is 16.3 Å². The molecular weight excluding hydrogens is 306 g/mol. The summed E-state index contributed by atoms with van der Waals surface area (Å²) < 4.78 is 0. The predicted octanol–water partition coefficient (Wildman–Crippen LogP) is 3.68. The second kappa shape index (κ2) is 6.40. The molecule has 5 heteroatoms. The van der Waals surface area contributed by atoms with Gasteiger partial charge in [-0.2, -0.15) is 0 Å². The number of amides is 1. The van der Waals surface area contributed by atoms with Gasteiger partial charge in [-0.05, 0) is 37.8 Å². The van der Waals surface area contributed by atoms with Crippen molar-refractivity contribution >= 4 is 17.2 Å². The summed E-state index contributed by atoms with van der Waals surface area (Å²) in [4.78, 5) is 23.8. The van der Waals surface area contributed by atoms with E-state index in [1.807, 2.05) is 23.7 Å². The van der Waals surface area contributed by atoms with E-state index >= 15 is 0 Å². The molecule has 2 fully saturated rings. The third-order valence-corrected chi connectivity index (χ3v) is 5.68. The highest BCUT2D eigenvalue weighted by atomic mass is 32.1. The normalized spacial score (nSPS) is 18.3. The van der Waals surface area contributed by atoms with E-state index in [-0.39, 0.29) is 5.91 Å². The van der Waals surface area contributed by atoms with E-state index in [9.17, 15) is 4.79 Å². The maximum Gasteiger partial charge on any atom is 0.229 e. The van der Waals surface area contributed by atoms with Crippen LogP contribution < -0.4 is 0 Å². The molecule has 2 saturated carbocycles. The van der Waals surface area contributed by atoms with Gasteiger partial charge in [0.1, 0.15) is 5.01 Å². The van der Waals surface area contributed by atoms with Gasteiger partial charge in [-0.15, -0.1) is 11.3 Å². The molecule has 1 amide bonds. The fourth-order valence-electron chi connectivity index (χ4n) is 3.50. The molecule has 0 saturated heterocycles. The molecule has 2 heterocycles. The Labute approximate surface area is 140 Å². The van der Waals surface area contributed by atoms with Gasteiger partial charge in [0.15, 0.2) is 0 Å². The quantitative estimate of drug-likeness (QED) is 0.841. The van der Waals surface area contributed by atoms with Crippen LogP contribution in [0.3, 0.4) is 0 Å². The summed E-state index contributed by atoms with van der Waals surface area (Å²) in [6, 6.07) is 4.90. The van der Waals surface area contributed by atoms with Crippen molar-refractivity contribution in [2.24, 2.45) is 0 Å². The van der Waals surface area contributed by atoms with Crippen molar-refractivity contribution in [2.45, 2.75) is 57.0 Å². The van der Waals surface area contributed by atoms with E-state index in [0.29, 0.717) is 18.5 Å². The molecule has 2 aliphatic rings. The number of nitrogens with zero attached hydrogens (tertiary/aromatic N) is 3. The van der Waals surface area contributed by atoms with Crippen molar-refractivity contribution in [3.8, 4) is 10.6 Å². The first-order chi connectivity index (χ1) is 11.3. The summed E-state index contributed by atoms with van der Waals surface area (Å²) in [6.45, 7) is 0. The molecule has 4 rings (SSSR count). The summed E-state index contributed by atoms with van der Waals surface area (Å²) in [7, 11) is 0. The maximum atomic E-state index is 12.8. The molecule has 0 radical (unpaired) electrons. The molecule has 0 N–H and O–H groups in total. The van der Waals surface area contributed by atoms with Crippen molar-refractivity contribution in [1.29, 1.82) is 0 Å². The van der Waals surface area contributed by atoms with Crippen LogP contribution in [0.5, 0.6) is 0 Å². The lowest BCUT2D eigenvalue weighted by molar-refractivity contribution is -0.133. The monoisotopic (exact) mass is 327 g/mol. The van der Waals surface area contributed by atoms with Gasteiger partial charge in [-0.25, -0.2) is 4.98 Å². The van der Waals surface area contributed by atoms with Gasteiger partial charge in [-0.1, -0.05) is 12.8 Å². The van der Waals surface area contributed by atoms with Crippen molar-refractivity contribution in [3.63, 3.8) is 0 Å². The fraction of sp³-hybridized carbons (Fsp3) is 0.500. The number of carbonyl (C=O) groups is 1. The topological polar surface area (TPSA) is 46.1 Å². The van der Waals surface area contributed by atoms with Gasteiger partial charge in [0, 0.05) is 35.4 Å². The van der Waals surface area contributed by atoms with Crippen LogP contribution >= 0.6 is 11.3 Å². The summed E-state index contributed by atoms with van der Waals surface area (Å²) in [5.74, 6) is 0.266. The second-order valence-corrected chi connectivity index (χ2v) is 7.39. The number of hydrogen-bond acceptors (Lipinski definition) is 4. The third-order valence-electron chi connectivity index (χ3n) is 4.74. The minimum atomic E-state index is 0.266. The standard InChI is InChI=1S/C18H21N3OS/c22-17(21(16-7-8-16)15-5-1-2-6-15)10-14-12-23-18(20-14)13-4-3-9-19-11-13/h3-4,9,11-12,15-16H,1-2,5-8,10H2. The average Bonchev–Trinajstić information content (AvgIpc) is 3.06. The number of thiazole rings is 1. The summed E-state index contributed by atoms with van der Waals surface area (Å²) in [6.07, 6.45) is 11.3. The van der Waals surface area contributed by atoms with Gasteiger partial charge >= 0.3 is 0 Å². The zero-order chi connectivity index (χ0) is 15.6. The number of pyridine rings is 1. The molecule has 0 unspecified atom stereocenters. The highest BCUT2D eigenvalue weighted by Gasteiger charge is 2.38. The molecule has 4 nitrogen and oxygen atoms in total. The molecule has 2 aromatic rings. The summed E-state index contributed by atoms with van der Waals surface area (Å²) in [5.41, 5.74) is 1.91. The molecule has 0 aliphatic heterocycles. The smallest absolute Gasteiger partial charge is 0.229 e. The molecule has 0 atom stereocenters. The first kappa shape index (κ1) is 14.8. The van der Waals surface area contributed by atoms with Crippen LogP contribution in [-0.2, 0) is 11.2 Å². The molecular formula is C18H21N3OS. The molecule has 23 heavy (non-hydrogen) atoms. The molecule has 2 aliphatic carbocycles. The Kier molecular flexibility index (Phi) is 4.12. The number of carbonyl (C=O) groups excluding carboxylic acids is 1. The fourth-order valence-corrected chi connectivity index (χ4v) is 4.31. The predicted molar refractivity (Wildman–Crippen MR) is 91.2 cm³/mol. The van der Waals surface area contributed by atoms with E-state index in [4.69, 9.17) is 0 Å². The minimum absolute atomic E-state index is 0.266. The van der Waals surface area contributed by atoms with Gasteiger partial charge in [-0.3, -0.25) is 9.78 Å². The number of hydrogen-bond donors (Lipinski definition) is 0. The Hall–Kier alpha value is -1.75. The average molecular weight is 327 g/mol. The van der Waals surface area contributed by atoms with E-state index in [2.05, 4.69) is 14.9 Å². The second-order valence-electron chi connectivity index (χ2n) is 6.53. The first-order valence-corrected chi connectivity index (χ1v) is 9.35. The summed E-state index contributed by atoms with van der Waals surface area (Å²) in [5, 5.41) is 2.96. The van der Waals surface area contributed by atoms with Gasteiger partial charge in [0.05, 0.1) is 12.1 Å². The Morgan fingerprint density at radius 3 is 2.70 bits per heavy atom. The third kappa shape index (κ3) is 3.29. The SMILES string of the molecule is O=C(Cc1csc(-c2cccnc2)n1)N(C1CCCC1)C1CC1. The Morgan fingerprint density at radius 1 is 1.22 bits per heavy atom. The highest BCUT2D eigenvalue weighted by molar-refractivity contribution is 7.13. The molecule has 0 aromatic carbocycles. The Morgan fingerprint density at radius 2 is 2.00 bits per heavy atom. The largest absolute Gasteiger partial charge is 0.336 e. The Bertz CT molecular complexity index is 675. The van der Waals surface area contributed by atoms with Crippen LogP contribution in [0.4, 0.5) is 0 Å². The van der Waals surface area contributed by atoms with Crippen LogP contribution in [0.1, 0.15) is 44.2 Å². The van der Waals surface area contributed by atoms with Crippen LogP contribution in [0.25, 0.3) is 10.6 Å². The van der Waals surface area contributed by atoms with Crippen LogP contribution in [-0.4, -0.2) is 32.9 Å². The number of rotatable bonds is 5. The van der Waals surface area contributed by atoms with Gasteiger partial charge in [0.2, 0.25) is 5.91 Å². The van der Waals surface area contributed by atoms with Crippen molar-refractivity contribution < 1.29 is 4.79 Å². The molecule has 120 valence electrons. The molecule has 0 spiro atoms. The van der Waals surface area contributed by atoms with Gasteiger partial charge < -0.3 is 4.90 Å². The first-order valence-electron chi connectivity index (χ1n) is 8.47. The highest BCUT2D eigenvalue weighted by Crippen LogP contribution is 2.35. The Balaban J connectivity index is 1.46. The van der Waals surface area contributed by atoms with E-state index in [1.54, 1.807) is 17.5 Å². The summed E-state index contributed by atoms with van der Waals surface area (Å²) >= 11 is 1.59. The van der Waals surface area contributed by atoms with Crippen molar-refractivity contribution in [3.05, 3.63) is 35.6 Å². The van der Waals surface area contributed by atoms with Crippen LogP contribution in [0, 0.1) is 0 Å². The lowest BCUT2D eigenvalue weighted by Crippen LogP contribution is -2.41. The van der Waals surface area contributed by atoms with E-state index < -0.39 is 0 Å². The molecule has 0 bridgehead atoms. The minimum Gasteiger partial charge on any atom is -0.336 e. The van der Waals surface area contributed by atoms with Crippen molar-refractivity contribution in [1.82, 2.24) is 14.9 Å². The zero-order valence-electron chi connectivity index (χ0n) is 13.1.